The van der Waals surface area contributed by atoms with Crippen molar-refractivity contribution in [2.45, 2.75) is 25.9 Å². The number of hydrogen-bond acceptors (Lipinski definition) is 4. The van der Waals surface area contributed by atoms with Gasteiger partial charge in [-0.3, -0.25) is 9.71 Å². The summed E-state index contributed by atoms with van der Waals surface area (Å²) in [4.78, 5) is 6.73. The lowest BCUT2D eigenvalue weighted by molar-refractivity contribution is 0.565. The topological polar surface area (TPSA) is 79.3 Å². The second kappa shape index (κ2) is 9.92. The molecule has 0 radical (unpaired) electrons. The van der Waals surface area contributed by atoms with Crippen molar-refractivity contribution in [1.29, 1.82) is 0 Å². The fourth-order valence-electron chi connectivity index (χ4n) is 4.94. The molecule has 190 valence electrons. The van der Waals surface area contributed by atoms with Crippen molar-refractivity contribution in [1.82, 2.24) is 14.9 Å². The van der Waals surface area contributed by atoms with Crippen molar-refractivity contribution in [3.63, 3.8) is 0 Å². The molecule has 2 atom stereocenters. The zero-order chi connectivity index (χ0) is 26.3. The first-order valence-corrected chi connectivity index (χ1v) is 14.8. The number of halogens is 1. The minimum atomic E-state index is -3.37. The van der Waals surface area contributed by atoms with Crippen molar-refractivity contribution < 1.29 is 8.42 Å². The lowest BCUT2D eigenvalue weighted by Gasteiger charge is -2.28. The van der Waals surface area contributed by atoms with E-state index in [0.29, 0.717) is 10.8 Å². The summed E-state index contributed by atoms with van der Waals surface area (Å²) >= 11 is 9.56. The average molecular weight is 597 g/mol. The summed E-state index contributed by atoms with van der Waals surface area (Å²) in [7, 11) is -3.37. The van der Waals surface area contributed by atoms with Crippen LogP contribution in [0.1, 0.15) is 34.7 Å². The fourth-order valence-corrected chi connectivity index (χ4v) is 6.32. The first-order chi connectivity index (χ1) is 17.6. The van der Waals surface area contributed by atoms with E-state index in [4.69, 9.17) is 12.2 Å². The number of aryl methyl sites for hydroxylation is 1. The van der Waals surface area contributed by atoms with E-state index >= 15 is 0 Å². The quantitative estimate of drug-likeness (QED) is 0.274. The molecule has 2 N–H and O–H groups in total. The Morgan fingerprint density at radius 3 is 2.38 bits per heavy atom. The van der Waals surface area contributed by atoms with E-state index in [1.165, 1.54) is 0 Å². The van der Waals surface area contributed by atoms with Gasteiger partial charge in [-0.05, 0) is 102 Å². The smallest absolute Gasteiger partial charge is 0.229 e. The number of hydrogen-bond donors (Lipinski definition) is 2. The van der Waals surface area contributed by atoms with Crippen molar-refractivity contribution >= 4 is 54.7 Å². The monoisotopic (exact) mass is 595 g/mol. The van der Waals surface area contributed by atoms with Crippen LogP contribution in [-0.4, -0.2) is 29.3 Å². The highest BCUT2D eigenvalue weighted by Gasteiger charge is 2.42. The maximum atomic E-state index is 11.7. The predicted octanol–water partition coefficient (Wildman–Crippen LogP) is 5.80. The third-order valence-corrected chi connectivity index (χ3v) is 8.02. The highest BCUT2D eigenvalue weighted by molar-refractivity contribution is 9.10. The van der Waals surface area contributed by atoms with Gasteiger partial charge >= 0.3 is 0 Å². The lowest BCUT2D eigenvalue weighted by atomic mass is 9.96. The summed E-state index contributed by atoms with van der Waals surface area (Å²) < 4.78 is 29.1. The molecule has 2 unspecified atom stereocenters. The Morgan fingerprint density at radius 2 is 1.73 bits per heavy atom. The van der Waals surface area contributed by atoms with Crippen LogP contribution in [0.25, 0.3) is 5.69 Å². The molecule has 2 aromatic heterocycles. The van der Waals surface area contributed by atoms with Crippen LogP contribution in [0.2, 0.25) is 0 Å². The number of thiocarbonyl (C=S) groups is 1. The van der Waals surface area contributed by atoms with Crippen LogP contribution in [0.5, 0.6) is 0 Å². The summed E-state index contributed by atoms with van der Waals surface area (Å²) in [6.45, 7) is 4.22. The first-order valence-electron chi connectivity index (χ1n) is 11.7. The van der Waals surface area contributed by atoms with Crippen molar-refractivity contribution in [2.24, 2.45) is 0 Å². The summed E-state index contributed by atoms with van der Waals surface area (Å²) in [5.74, 6) is 0. The van der Waals surface area contributed by atoms with E-state index in [-0.39, 0.29) is 12.1 Å². The van der Waals surface area contributed by atoms with Gasteiger partial charge in [-0.25, -0.2) is 8.42 Å². The molecule has 0 aliphatic carbocycles. The van der Waals surface area contributed by atoms with E-state index < -0.39 is 10.0 Å². The molecule has 7 nitrogen and oxygen atoms in total. The minimum Gasteiger partial charge on any atom is -0.351 e. The number of rotatable bonds is 6. The molecule has 37 heavy (non-hydrogen) atoms. The fraction of sp³-hybridized carbons (Fsp3) is 0.185. The zero-order valence-electron chi connectivity index (χ0n) is 20.5. The Morgan fingerprint density at radius 1 is 1.03 bits per heavy atom. The minimum absolute atomic E-state index is 0.182. The molecular formula is C27H26BrN5O2S2. The molecule has 0 amide bonds. The molecule has 1 saturated heterocycles. The molecule has 10 heteroatoms. The van der Waals surface area contributed by atoms with Gasteiger partial charge in [0.05, 0.1) is 29.7 Å². The van der Waals surface area contributed by atoms with Gasteiger partial charge in [0, 0.05) is 33.4 Å². The van der Waals surface area contributed by atoms with Gasteiger partial charge in [-0.1, -0.05) is 18.2 Å². The van der Waals surface area contributed by atoms with Gasteiger partial charge in [0.25, 0.3) is 0 Å². The summed E-state index contributed by atoms with van der Waals surface area (Å²) in [5.41, 5.74) is 6.62. The van der Waals surface area contributed by atoms with E-state index in [1.54, 1.807) is 18.3 Å². The zero-order valence-corrected chi connectivity index (χ0v) is 23.7. The highest BCUT2D eigenvalue weighted by atomic mass is 79.9. The van der Waals surface area contributed by atoms with Gasteiger partial charge in [-0.2, -0.15) is 0 Å². The number of sulfonamides is 1. The molecule has 4 aromatic rings. The molecule has 0 bridgehead atoms. The Balaban J connectivity index is 1.64. The molecular weight excluding hydrogens is 570 g/mol. The largest absolute Gasteiger partial charge is 0.351 e. The molecule has 0 saturated carbocycles. The van der Waals surface area contributed by atoms with Crippen LogP contribution in [-0.2, 0) is 10.0 Å². The number of pyridine rings is 1. The Hall–Kier alpha value is -3.21. The van der Waals surface area contributed by atoms with Crippen molar-refractivity contribution in [3.8, 4) is 5.69 Å². The van der Waals surface area contributed by atoms with Crippen LogP contribution < -0.4 is 14.9 Å². The maximum absolute atomic E-state index is 11.7. The van der Waals surface area contributed by atoms with Crippen LogP contribution in [0, 0.1) is 13.8 Å². The van der Waals surface area contributed by atoms with Crippen molar-refractivity contribution in [3.05, 3.63) is 106 Å². The van der Waals surface area contributed by atoms with Crippen LogP contribution in [0.4, 0.5) is 11.4 Å². The molecule has 1 fully saturated rings. The van der Waals surface area contributed by atoms with Crippen molar-refractivity contribution in [2.75, 3.05) is 15.9 Å². The van der Waals surface area contributed by atoms with Gasteiger partial charge in [-0.15, -0.1) is 0 Å². The summed E-state index contributed by atoms with van der Waals surface area (Å²) in [5, 5.41) is 4.07. The number of para-hydroxylation sites is 1. The molecule has 1 aliphatic heterocycles. The maximum Gasteiger partial charge on any atom is 0.229 e. The number of nitrogens with zero attached hydrogens (tertiary/aromatic N) is 3. The third kappa shape index (κ3) is 5.01. The first kappa shape index (κ1) is 25.4. The number of nitrogens with one attached hydrogen (secondary N) is 2. The Kier molecular flexibility index (Phi) is 6.82. The van der Waals surface area contributed by atoms with E-state index in [9.17, 15) is 8.42 Å². The molecule has 0 spiro atoms. The predicted molar refractivity (Wildman–Crippen MR) is 156 cm³/mol. The van der Waals surface area contributed by atoms with Crippen LogP contribution >= 0.6 is 28.1 Å². The summed E-state index contributed by atoms with van der Waals surface area (Å²) in [6.07, 6.45) is 2.92. The molecule has 1 aliphatic rings. The average Bonchev–Trinajstić information content (AvgIpc) is 3.35. The Labute approximate surface area is 230 Å². The summed E-state index contributed by atoms with van der Waals surface area (Å²) in [6, 6.07) is 23.1. The SMILES string of the molecule is Cc1cc(C2C(c3ccccn3)NC(=S)N2c2ccc(NS(C)(=O)=O)cc2)c(C)n1-c1ccccc1Br. The normalized spacial score (nSPS) is 17.6. The second-order valence-electron chi connectivity index (χ2n) is 9.03. The van der Waals surface area contributed by atoms with Gasteiger partial charge in [0.1, 0.15) is 0 Å². The van der Waals surface area contributed by atoms with Crippen LogP contribution in [0.3, 0.4) is 0 Å². The lowest BCUT2D eigenvalue weighted by Crippen LogP contribution is -2.29. The van der Waals surface area contributed by atoms with Crippen LogP contribution in [0.15, 0.2) is 83.5 Å². The van der Waals surface area contributed by atoms with Gasteiger partial charge in [0.15, 0.2) is 5.11 Å². The molecule has 2 aromatic carbocycles. The molecule has 3 heterocycles. The highest BCUT2D eigenvalue weighted by Crippen LogP contribution is 2.44. The number of benzene rings is 2. The van der Waals surface area contributed by atoms with E-state index in [1.807, 2.05) is 48.5 Å². The molecule has 5 rings (SSSR count). The second-order valence-corrected chi connectivity index (χ2v) is 12.0. The van der Waals surface area contributed by atoms with Gasteiger partial charge in [0.2, 0.25) is 10.0 Å². The third-order valence-electron chi connectivity index (χ3n) is 6.43. The Bertz CT molecular complexity index is 1570. The van der Waals surface area contributed by atoms with Gasteiger partial charge < -0.3 is 14.8 Å². The number of anilines is 2. The van der Waals surface area contributed by atoms with E-state index in [2.05, 4.69) is 66.4 Å². The standard InChI is InChI=1S/C27H26BrN5O2S2/c1-17-16-21(18(2)32(17)24-10-5-4-8-22(24)28)26-25(23-9-6-7-15-29-23)30-27(36)33(26)20-13-11-19(12-14-20)31-37(3,34)35/h4-16,25-26,31H,1-3H3,(H,30,36). The number of aromatic nitrogens is 2. The van der Waals surface area contributed by atoms with E-state index in [0.717, 1.165) is 44.7 Å².